The number of methoxy groups -OCH3 is 2. The molecular formula is C18H27N9O3S. The van der Waals surface area contributed by atoms with Crippen molar-refractivity contribution in [2.45, 2.75) is 16.5 Å². The van der Waals surface area contributed by atoms with E-state index in [1.54, 1.807) is 0 Å². The van der Waals surface area contributed by atoms with Gasteiger partial charge in [0.15, 0.2) is 5.16 Å². The smallest absolute Gasteiger partial charge is 0.236 e. The van der Waals surface area contributed by atoms with Crippen LogP contribution in [0.2, 0.25) is 0 Å². The molecule has 168 valence electrons. The average Bonchev–Trinajstić information content (AvgIpc) is 2.73. The highest BCUT2D eigenvalue weighted by atomic mass is 32.2. The molecule has 1 aliphatic rings. The van der Waals surface area contributed by atoms with Gasteiger partial charge in [-0.1, -0.05) is 0 Å². The number of carbonyl (C=O) groups excluding carboxylic acids is 1. The normalized spacial score (nSPS) is 14.9. The van der Waals surface area contributed by atoms with Crippen LogP contribution in [0.3, 0.4) is 0 Å². The van der Waals surface area contributed by atoms with Crippen molar-refractivity contribution in [3.05, 3.63) is 6.07 Å². The second-order valence-electron chi connectivity index (χ2n) is 6.94. The molecule has 0 aromatic carbocycles. The lowest BCUT2D eigenvalue weighted by Crippen LogP contribution is -2.45. The van der Waals surface area contributed by atoms with Gasteiger partial charge in [-0.25, -0.2) is 9.97 Å². The van der Waals surface area contributed by atoms with Gasteiger partial charge >= 0.3 is 0 Å². The van der Waals surface area contributed by atoms with E-state index in [-0.39, 0.29) is 34.6 Å². The van der Waals surface area contributed by atoms with Gasteiger partial charge in [-0.2, -0.15) is 9.97 Å². The Bertz CT molecular complexity index is 897. The van der Waals surface area contributed by atoms with Gasteiger partial charge in [0, 0.05) is 45.2 Å². The lowest BCUT2D eigenvalue weighted by Gasteiger charge is -2.32. The summed E-state index contributed by atoms with van der Waals surface area (Å²) in [4.78, 5) is 34.1. The van der Waals surface area contributed by atoms with Gasteiger partial charge in [0.25, 0.3) is 0 Å². The second kappa shape index (κ2) is 10.4. The zero-order chi connectivity index (χ0) is 22.4. The first-order chi connectivity index (χ1) is 14.9. The Labute approximate surface area is 184 Å². The van der Waals surface area contributed by atoms with Gasteiger partial charge in [-0.3, -0.25) is 4.79 Å². The summed E-state index contributed by atoms with van der Waals surface area (Å²) in [6.07, 6.45) is 0.365. The fourth-order valence-electron chi connectivity index (χ4n) is 2.97. The minimum atomic E-state index is -0.140. The number of piperazine rings is 1. The number of hydrogen-bond donors (Lipinski definition) is 3. The quantitative estimate of drug-likeness (QED) is 0.470. The molecule has 1 fully saturated rings. The molecule has 5 N–H and O–H groups in total. The van der Waals surface area contributed by atoms with Gasteiger partial charge < -0.3 is 36.1 Å². The van der Waals surface area contributed by atoms with E-state index in [2.05, 4.69) is 42.1 Å². The number of nitrogens with zero attached hydrogens (tertiary/aromatic N) is 6. The number of aromatic nitrogens is 4. The molecule has 0 atom stereocenters. The fourth-order valence-corrected chi connectivity index (χ4v) is 3.88. The summed E-state index contributed by atoms with van der Waals surface area (Å²) in [7, 11) is 5.01. The maximum atomic E-state index is 12.4. The van der Waals surface area contributed by atoms with E-state index in [1.807, 2.05) is 0 Å². The van der Waals surface area contributed by atoms with Crippen molar-refractivity contribution < 1.29 is 14.3 Å². The Morgan fingerprint density at radius 1 is 1.10 bits per heavy atom. The lowest BCUT2D eigenvalue weighted by molar-refractivity contribution is -0.116. The Hall–Kier alpha value is -2.90. The molecule has 0 saturated carbocycles. The van der Waals surface area contributed by atoms with Crippen LogP contribution >= 0.6 is 11.8 Å². The van der Waals surface area contributed by atoms with Crippen LogP contribution in [0.1, 0.15) is 6.42 Å². The van der Waals surface area contributed by atoms with Crippen molar-refractivity contribution in [2.24, 2.45) is 0 Å². The van der Waals surface area contributed by atoms with E-state index in [0.717, 1.165) is 37.9 Å². The summed E-state index contributed by atoms with van der Waals surface area (Å²) in [6, 6.07) is 1.51. The third-order valence-electron chi connectivity index (χ3n) is 4.64. The molecule has 31 heavy (non-hydrogen) atoms. The van der Waals surface area contributed by atoms with Crippen LogP contribution in [0.4, 0.5) is 17.6 Å². The van der Waals surface area contributed by atoms with Crippen LogP contribution in [0.15, 0.2) is 16.1 Å². The summed E-state index contributed by atoms with van der Waals surface area (Å²) < 4.78 is 10.5. The number of likely N-dealkylation sites (N-methyl/N-ethyl adjacent to an activating group) is 1. The highest BCUT2D eigenvalue weighted by Gasteiger charge is 2.19. The molecule has 1 aliphatic heterocycles. The molecule has 0 spiro atoms. The van der Waals surface area contributed by atoms with Crippen LogP contribution in [0.25, 0.3) is 0 Å². The van der Waals surface area contributed by atoms with Crippen molar-refractivity contribution in [2.75, 3.05) is 70.8 Å². The monoisotopic (exact) mass is 449 g/mol. The van der Waals surface area contributed by atoms with Gasteiger partial charge in [-0.05, 0) is 18.8 Å². The number of amides is 1. The molecular weight excluding hydrogens is 422 g/mol. The molecule has 1 saturated heterocycles. The highest BCUT2D eigenvalue weighted by Crippen LogP contribution is 2.39. The first-order valence-electron chi connectivity index (χ1n) is 9.66. The molecule has 0 radical (unpaired) electrons. The molecule has 2 aromatic heterocycles. The Balaban J connectivity index is 1.67. The predicted octanol–water partition coefficient (Wildman–Crippen LogP) is 0.175. The predicted molar refractivity (Wildman–Crippen MR) is 117 cm³/mol. The minimum Gasteiger partial charge on any atom is -0.480 e. The summed E-state index contributed by atoms with van der Waals surface area (Å²) in [6.45, 7) is 4.62. The van der Waals surface area contributed by atoms with Crippen molar-refractivity contribution in [1.29, 1.82) is 0 Å². The van der Waals surface area contributed by atoms with Crippen molar-refractivity contribution in [3.8, 4) is 11.8 Å². The van der Waals surface area contributed by atoms with Crippen molar-refractivity contribution in [3.63, 3.8) is 0 Å². The number of hydrogen-bond acceptors (Lipinski definition) is 12. The lowest BCUT2D eigenvalue weighted by atomic mass is 10.3. The van der Waals surface area contributed by atoms with Crippen molar-refractivity contribution in [1.82, 2.24) is 29.7 Å². The molecule has 3 heterocycles. The number of anilines is 3. The molecule has 1 amide bonds. The summed E-state index contributed by atoms with van der Waals surface area (Å²) in [5.74, 6) is 0.837. The van der Waals surface area contributed by atoms with E-state index in [9.17, 15) is 4.79 Å². The minimum absolute atomic E-state index is 0.0137. The standard InChI is InChI=1S/C18H27N9O3S/c1-26-6-8-27(9-7-26)5-4-13(28)22-12-10-11(19)21-18(23-12)31-14-15(29-2)24-17(20)25-16(14)30-3/h10H,4-9H2,1-3H3,(H2,20,24,25)(H3,19,21,22,23,28). The number of nitrogens with one attached hydrogen (secondary N) is 1. The van der Waals surface area contributed by atoms with Crippen LogP contribution in [0.5, 0.6) is 11.8 Å². The number of rotatable bonds is 8. The maximum absolute atomic E-state index is 12.4. The number of nitrogen functional groups attached to an aromatic ring is 2. The van der Waals surface area contributed by atoms with Gasteiger partial charge in [-0.15, -0.1) is 0 Å². The second-order valence-corrected chi connectivity index (χ2v) is 7.91. The topological polar surface area (TPSA) is 158 Å². The largest absolute Gasteiger partial charge is 0.480 e. The van der Waals surface area contributed by atoms with Gasteiger partial charge in [0.05, 0.1) is 14.2 Å². The van der Waals surface area contributed by atoms with Crippen LogP contribution in [-0.2, 0) is 4.79 Å². The molecule has 0 aliphatic carbocycles. The molecule has 0 bridgehead atoms. The van der Waals surface area contributed by atoms with E-state index in [0.29, 0.717) is 23.7 Å². The summed E-state index contributed by atoms with van der Waals surface area (Å²) in [5, 5.41) is 3.07. The van der Waals surface area contributed by atoms with Gasteiger partial charge in [0.1, 0.15) is 16.5 Å². The van der Waals surface area contributed by atoms with Crippen LogP contribution < -0.4 is 26.3 Å². The van der Waals surface area contributed by atoms with E-state index in [4.69, 9.17) is 20.9 Å². The molecule has 0 unspecified atom stereocenters. The Kier molecular flexibility index (Phi) is 7.65. The average molecular weight is 450 g/mol. The summed E-state index contributed by atoms with van der Waals surface area (Å²) in [5.41, 5.74) is 11.6. The van der Waals surface area contributed by atoms with Crippen molar-refractivity contribution >= 4 is 35.3 Å². The number of ether oxygens (including phenoxy) is 2. The van der Waals surface area contributed by atoms with E-state index in [1.165, 1.54) is 20.3 Å². The first kappa shape index (κ1) is 22.8. The number of nitrogens with two attached hydrogens (primary N) is 2. The zero-order valence-electron chi connectivity index (χ0n) is 17.8. The molecule has 12 nitrogen and oxygen atoms in total. The highest BCUT2D eigenvalue weighted by molar-refractivity contribution is 7.99. The number of carbonyl (C=O) groups is 1. The third-order valence-corrected chi connectivity index (χ3v) is 5.56. The molecule has 3 rings (SSSR count). The van der Waals surface area contributed by atoms with E-state index < -0.39 is 0 Å². The first-order valence-corrected chi connectivity index (χ1v) is 10.5. The maximum Gasteiger partial charge on any atom is 0.236 e. The Morgan fingerprint density at radius 2 is 1.74 bits per heavy atom. The molecule has 2 aromatic rings. The Morgan fingerprint density at radius 3 is 2.35 bits per heavy atom. The third kappa shape index (κ3) is 6.29. The summed E-state index contributed by atoms with van der Waals surface area (Å²) >= 11 is 1.09. The van der Waals surface area contributed by atoms with E-state index >= 15 is 0 Å². The van der Waals surface area contributed by atoms with Gasteiger partial charge in [0.2, 0.25) is 23.6 Å². The zero-order valence-corrected chi connectivity index (χ0v) is 18.6. The fraction of sp³-hybridized carbons (Fsp3) is 0.500. The SMILES string of the molecule is COc1nc(N)nc(OC)c1Sc1nc(N)cc(NC(=O)CCN2CCN(C)CC2)n1. The van der Waals surface area contributed by atoms with Crippen LogP contribution in [-0.4, -0.2) is 89.6 Å². The van der Waals surface area contributed by atoms with Crippen LogP contribution in [0, 0.1) is 0 Å². The molecule has 13 heteroatoms.